The number of thiocarbonyl (C=S) groups is 1. The SMILES string of the molecule is CC(C(N)=S)S(=O)(=O)N1CCNC(=O)C1. The van der Waals surface area contributed by atoms with Crippen LogP contribution in [0.25, 0.3) is 0 Å². The predicted octanol–water partition coefficient (Wildman–Crippen LogP) is -1.58. The zero-order chi connectivity index (χ0) is 11.6. The molecule has 8 heteroatoms. The number of carbonyl (C=O) groups excluding carboxylic acids is 1. The molecule has 1 aliphatic rings. The van der Waals surface area contributed by atoms with Gasteiger partial charge in [0.25, 0.3) is 0 Å². The Morgan fingerprint density at radius 1 is 1.67 bits per heavy atom. The molecule has 86 valence electrons. The molecule has 1 atom stereocenters. The van der Waals surface area contributed by atoms with Gasteiger partial charge in [-0.1, -0.05) is 12.2 Å². The molecule has 1 rings (SSSR count). The lowest BCUT2D eigenvalue weighted by Gasteiger charge is -2.28. The molecule has 1 heterocycles. The molecule has 0 aromatic rings. The maximum absolute atomic E-state index is 11.9. The third-order valence-corrected chi connectivity index (χ3v) is 4.89. The Hall–Kier alpha value is -0.730. The number of piperazine rings is 1. The molecule has 0 aromatic heterocycles. The van der Waals surface area contributed by atoms with Crippen LogP contribution in [-0.2, 0) is 14.8 Å². The van der Waals surface area contributed by atoms with E-state index in [0.29, 0.717) is 6.54 Å². The lowest BCUT2D eigenvalue weighted by Crippen LogP contribution is -2.53. The number of nitrogens with two attached hydrogens (primary N) is 1. The van der Waals surface area contributed by atoms with Gasteiger partial charge in [0.2, 0.25) is 15.9 Å². The summed E-state index contributed by atoms with van der Waals surface area (Å²) in [5.74, 6) is -0.306. The van der Waals surface area contributed by atoms with Gasteiger partial charge in [0, 0.05) is 13.1 Å². The standard InChI is InChI=1S/C7H13N3O3S2/c1-5(7(8)14)15(12,13)10-3-2-9-6(11)4-10/h5H,2-4H2,1H3,(H2,8,14)(H,9,11). The molecule has 6 nitrogen and oxygen atoms in total. The minimum Gasteiger partial charge on any atom is -0.392 e. The van der Waals surface area contributed by atoms with Gasteiger partial charge in [0.05, 0.1) is 11.5 Å². The summed E-state index contributed by atoms with van der Waals surface area (Å²) in [6.07, 6.45) is 0. The highest BCUT2D eigenvalue weighted by Gasteiger charge is 2.33. The fourth-order valence-electron chi connectivity index (χ4n) is 1.20. The number of sulfonamides is 1. The topological polar surface area (TPSA) is 92.5 Å². The Balaban J connectivity index is 2.86. The van der Waals surface area contributed by atoms with Crippen LogP contribution < -0.4 is 11.1 Å². The summed E-state index contributed by atoms with van der Waals surface area (Å²) < 4.78 is 24.8. The number of nitrogens with one attached hydrogen (secondary N) is 1. The van der Waals surface area contributed by atoms with Gasteiger partial charge < -0.3 is 11.1 Å². The Kier molecular flexibility index (Phi) is 3.63. The van der Waals surface area contributed by atoms with Gasteiger partial charge in [-0.2, -0.15) is 4.31 Å². The number of nitrogens with zero attached hydrogens (tertiary/aromatic N) is 1. The van der Waals surface area contributed by atoms with Crippen LogP contribution in [0.15, 0.2) is 0 Å². The highest BCUT2D eigenvalue weighted by Crippen LogP contribution is 2.10. The molecular formula is C7H13N3O3S2. The fourth-order valence-corrected chi connectivity index (χ4v) is 2.95. The van der Waals surface area contributed by atoms with Crippen LogP contribution in [0.1, 0.15) is 6.92 Å². The smallest absolute Gasteiger partial charge is 0.235 e. The van der Waals surface area contributed by atoms with Gasteiger partial charge in [0.1, 0.15) is 5.25 Å². The maximum atomic E-state index is 11.9. The van der Waals surface area contributed by atoms with Crippen LogP contribution in [0.2, 0.25) is 0 Å². The molecule has 0 spiro atoms. The molecule has 1 amide bonds. The van der Waals surface area contributed by atoms with E-state index >= 15 is 0 Å². The van der Waals surface area contributed by atoms with E-state index in [4.69, 9.17) is 5.73 Å². The second-order valence-electron chi connectivity index (χ2n) is 3.27. The normalized spacial score (nSPS) is 20.7. The van der Waals surface area contributed by atoms with E-state index in [1.54, 1.807) is 0 Å². The summed E-state index contributed by atoms with van der Waals surface area (Å²) in [6, 6.07) is 0. The zero-order valence-corrected chi connectivity index (χ0v) is 9.90. The van der Waals surface area contributed by atoms with Crippen LogP contribution in [0.4, 0.5) is 0 Å². The summed E-state index contributed by atoms with van der Waals surface area (Å²) in [7, 11) is -3.59. The van der Waals surface area contributed by atoms with Crippen LogP contribution in [0.5, 0.6) is 0 Å². The molecule has 3 N–H and O–H groups in total. The van der Waals surface area contributed by atoms with Crippen LogP contribution in [0.3, 0.4) is 0 Å². The number of amides is 1. The van der Waals surface area contributed by atoms with Crippen LogP contribution in [-0.4, -0.2) is 48.5 Å². The van der Waals surface area contributed by atoms with Gasteiger partial charge in [-0.3, -0.25) is 4.79 Å². The van der Waals surface area contributed by atoms with Crippen molar-refractivity contribution in [1.29, 1.82) is 0 Å². The van der Waals surface area contributed by atoms with Crippen molar-refractivity contribution in [3.8, 4) is 0 Å². The quantitative estimate of drug-likeness (QED) is 0.591. The molecule has 0 aliphatic carbocycles. The highest BCUT2D eigenvalue weighted by atomic mass is 32.2. The Labute approximate surface area is 93.9 Å². The molecule has 0 bridgehead atoms. The van der Waals surface area contributed by atoms with Crippen LogP contribution >= 0.6 is 12.2 Å². The minimum atomic E-state index is -3.59. The third-order valence-electron chi connectivity index (χ3n) is 2.21. The molecule has 0 saturated carbocycles. The summed E-state index contributed by atoms with van der Waals surface area (Å²) in [5.41, 5.74) is 5.29. The predicted molar refractivity (Wildman–Crippen MR) is 59.7 cm³/mol. The molecule has 1 saturated heterocycles. The molecule has 0 radical (unpaired) electrons. The molecule has 1 unspecified atom stereocenters. The third kappa shape index (κ3) is 2.64. The van der Waals surface area contributed by atoms with Crippen molar-refractivity contribution in [1.82, 2.24) is 9.62 Å². The number of hydrogen-bond acceptors (Lipinski definition) is 4. The average Bonchev–Trinajstić information content (AvgIpc) is 2.16. The van der Waals surface area contributed by atoms with Crippen molar-refractivity contribution in [3.63, 3.8) is 0 Å². The van der Waals surface area contributed by atoms with E-state index in [9.17, 15) is 13.2 Å². The monoisotopic (exact) mass is 251 g/mol. The Morgan fingerprint density at radius 2 is 2.27 bits per heavy atom. The first-order chi connectivity index (χ1) is 6.85. The maximum Gasteiger partial charge on any atom is 0.235 e. The lowest BCUT2D eigenvalue weighted by molar-refractivity contribution is -0.122. The molecular weight excluding hydrogens is 238 g/mol. The lowest BCUT2D eigenvalue weighted by atomic mass is 10.4. The van der Waals surface area contributed by atoms with Crippen molar-refractivity contribution < 1.29 is 13.2 Å². The fraction of sp³-hybridized carbons (Fsp3) is 0.714. The molecule has 1 aliphatic heterocycles. The minimum absolute atomic E-state index is 0.0824. The summed E-state index contributed by atoms with van der Waals surface area (Å²) in [4.78, 5) is 10.9. The van der Waals surface area contributed by atoms with E-state index in [1.807, 2.05) is 0 Å². The summed E-state index contributed by atoms with van der Waals surface area (Å²) in [5, 5.41) is 1.61. The number of rotatable bonds is 3. The van der Waals surface area contributed by atoms with Crippen molar-refractivity contribution in [3.05, 3.63) is 0 Å². The molecule has 1 fully saturated rings. The first-order valence-corrected chi connectivity index (χ1v) is 6.32. The van der Waals surface area contributed by atoms with Crippen LogP contribution in [0, 0.1) is 0 Å². The Morgan fingerprint density at radius 3 is 2.73 bits per heavy atom. The summed E-state index contributed by atoms with van der Waals surface area (Å²) in [6.45, 7) is 1.85. The zero-order valence-electron chi connectivity index (χ0n) is 8.26. The first kappa shape index (κ1) is 12.3. The number of hydrogen-bond donors (Lipinski definition) is 2. The second kappa shape index (κ2) is 4.42. The van der Waals surface area contributed by atoms with Crippen molar-refractivity contribution in [2.24, 2.45) is 5.73 Å². The van der Waals surface area contributed by atoms with Crippen molar-refractivity contribution in [2.75, 3.05) is 19.6 Å². The van der Waals surface area contributed by atoms with Crippen molar-refractivity contribution >= 4 is 33.1 Å². The van der Waals surface area contributed by atoms with E-state index in [1.165, 1.54) is 6.92 Å². The van der Waals surface area contributed by atoms with E-state index < -0.39 is 15.3 Å². The van der Waals surface area contributed by atoms with E-state index in [-0.39, 0.29) is 24.0 Å². The second-order valence-corrected chi connectivity index (χ2v) is 6.00. The number of carbonyl (C=O) groups is 1. The van der Waals surface area contributed by atoms with Gasteiger partial charge in [-0.15, -0.1) is 0 Å². The summed E-state index contributed by atoms with van der Waals surface area (Å²) >= 11 is 4.64. The average molecular weight is 251 g/mol. The Bertz CT molecular complexity index is 379. The first-order valence-electron chi connectivity index (χ1n) is 4.40. The van der Waals surface area contributed by atoms with Gasteiger partial charge in [-0.05, 0) is 6.92 Å². The van der Waals surface area contributed by atoms with Gasteiger partial charge in [-0.25, -0.2) is 8.42 Å². The highest BCUT2D eigenvalue weighted by molar-refractivity contribution is 7.92. The van der Waals surface area contributed by atoms with E-state index in [2.05, 4.69) is 17.5 Å². The molecule has 0 aromatic carbocycles. The largest absolute Gasteiger partial charge is 0.392 e. The van der Waals surface area contributed by atoms with E-state index in [0.717, 1.165) is 4.31 Å². The van der Waals surface area contributed by atoms with Gasteiger partial charge in [0.15, 0.2) is 0 Å². The van der Waals surface area contributed by atoms with Gasteiger partial charge >= 0.3 is 0 Å². The van der Waals surface area contributed by atoms with Crippen molar-refractivity contribution in [2.45, 2.75) is 12.2 Å². The molecule has 15 heavy (non-hydrogen) atoms.